The number of oxazole rings is 1. The molecule has 3 rings (SSSR count). The van der Waals surface area contributed by atoms with E-state index >= 15 is 0 Å². The minimum absolute atomic E-state index is 0.307. The first kappa shape index (κ1) is 15.9. The predicted octanol–water partition coefficient (Wildman–Crippen LogP) is 3.47. The Morgan fingerprint density at radius 3 is 2.83 bits per heavy atom. The molecule has 0 N–H and O–H groups in total. The highest BCUT2D eigenvalue weighted by Crippen LogP contribution is 2.16. The normalized spacial score (nSPS) is 12.2. The van der Waals surface area contributed by atoms with Crippen molar-refractivity contribution >= 4 is 22.1 Å². The number of aromatic nitrogens is 2. The molecule has 0 bridgehead atoms. The van der Waals surface area contributed by atoms with Crippen LogP contribution in [-0.2, 0) is 28.9 Å². The molecule has 2 heterocycles. The molecule has 1 aromatic carbocycles. The topological polar surface area (TPSA) is 65.2 Å². The third-order valence-corrected chi connectivity index (χ3v) is 5.03. The summed E-state index contributed by atoms with van der Waals surface area (Å²) >= 11 is 1.51. The predicted molar refractivity (Wildman–Crippen MR) is 89.7 cm³/mol. The average molecular weight is 348 g/mol. The summed E-state index contributed by atoms with van der Waals surface area (Å²) in [5.41, 5.74) is 0.809. The Morgan fingerprint density at radius 2 is 2.09 bits per heavy atom. The molecule has 120 valence electrons. The van der Waals surface area contributed by atoms with Gasteiger partial charge in [0.1, 0.15) is 28.9 Å². The van der Waals surface area contributed by atoms with Crippen molar-refractivity contribution in [3.05, 3.63) is 64.3 Å². The van der Waals surface area contributed by atoms with Gasteiger partial charge in [0.15, 0.2) is 0 Å². The molecule has 3 aromatic rings. The van der Waals surface area contributed by atoms with E-state index in [1.165, 1.54) is 11.3 Å². The summed E-state index contributed by atoms with van der Waals surface area (Å²) in [5, 5.41) is 2.79. The van der Waals surface area contributed by atoms with Crippen LogP contribution in [0, 0.1) is 6.92 Å². The van der Waals surface area contributed by atoms with Gasteiger partial charge < -0.3 is 9.15 Å². The van der Waals surface area contributed by atoms with Crippen LogP contribution in [0.25, 0.3) is 0 Å². The number of benzene rings is 1. The molecule has 5 nitrogen and oxygen atoms in total. The van der Waals surface area contributed by atoms with Crippen molar-refractivity contribution in [2.45, 2.75) is 25.0 Å². The van der Waals surface area contributed by atoms with Crippen molar-refractivity contribution in [2.75, 3.05) is 0 Å². The lowest BCUT2D eigenvalue weighted by Gasteiger charge is -2.02. The van der Waals surface area contributed by atoms with Crippen LogP contribution in [0.15, 0.2) is 46.3 Å². The van der Waals surface area contributed by atoms with Gasteiger partial charge in [-0.2, -0.15) is 0 Å². The van der Waals surface area contributed by atoms with E-state index in [-0.39, 0.29) is 0 Å². The summed E-state index contributed by atoms with van der Waals surface area (Å²) in [6, 6.07) is 9.61. The van der Waals surface area contributed by atoms with Crippen LogP contribution >= 0.6 is 11.3 Å². The van der Waals surface area contributed by atoms with Crippen molar-refractivity contribution in [3.63, 3.8) is 0 Å². The monoisotopic (exact) mass is 348 g/mol. The van der Waals surface area contributed by atoms with Crippen molar-refractivity contribution in [2.24, 2.45) is 0 Å². The van der Waals surface area contributed by atoms with E-state index in [4.69, 9.17) is 9.15 Å². The van der Waals surface area contributed by atoms with Gasteiger partial charge in [-0.1, -0.05) is 18.2 Å². The third kappa shape index (κ3) is 4.74. The van der Waals surface area contributed by atoms with Gasteiger partial charge in [-0.3, -0.25) is 4.21 Å². The third-order valence-electron chi connectivity index (χ3n) is 2.97. The van der Waals surface area contributed by atoms with Crippen molar-refractivity contribution in [3.8, 4) is 5.75 Å². The summed E-state index contributed by atoms with van der Waals surface area (Å²) < 4.78 is 23.1. The van der Waals surface area contributed by atoms with Crippen LogP contribution in [-0.4, -0.2) is 14.2 Å². The second-order valence-corrected chi connectivity index (χ2v) is 7.33. The molecule has 23 heavy (non-hydrogen) atoms. The van der Waals surface area contributed by atoms with Gasteiger partial charge in [0, 0.05) is 16.2 Å². The molecule has 1 atom stereocenters. The first-order valence-corrected chi connectivity index (χ1v) is 9.43. The number of nitrogens with zero attached hydrogens (tertiary/aromatic N) is 2. The van der Waals surface area contributed by atoms with E-state index in [2.05, 4.69) is 9.97 Å². The minimum Gasteiger partial charge on any atom is -0.486 e. The molecule has 0 saturated carbocycles. The van der Waals surface area contributed by atoms with Crippen LogP contribution in [0.5, 0.6) is 5.75 Å². The van der Waals surface area contributed by atoms with E-state index in [1.54, 1.807) is 6.20 Å². The highest BCUT2D eigenvalue weighted by Gasteiger charge is 2.11. The molecule has 0 amide bonds. The van der Waals surface area contributed by atoms with Gasteiger partial charge in [0.25, 0.3) is 0 Å². The number of rotatable bonds is 7. The highest BCUT2D eigenvalue weighted by molar-refractivity contribution is 7.83. The molecule has 7 heteroatoms. The Hall–Kier alpha value is -1.99. The maximum Gasteiger partial charge on any atom is 0.206 e. The van der Waals surface area contributed by atoms with Gasteiger partial charge >= 0.3 is 0 Å². The quantitative estimate of drug-likeness (QED) is 0.654. The molecular weight excluding hydrogens is 332 g/mol. The van der Waals surface area contributed by atoms with Crippen LogP contribution < -0.4 is 4.74 Å². The van der Waals surface area contributed by atoms with Gasteiger partial charge in [-0.05, 0) is 19.1 Å². The molecule has 0 radical (unpaired) electrons. The number of para-hydroxylation sites is 1. The lowest BCUT2D eigenvalue weighted by molar-refractivity contribution is 0.305. The summed E-state index contributed by atoms with van der Waals surface area (Å²) in [6.45, 7) is 2.24. The molecule has 2 aromatic heterocycles. The Morgan fingerprint density at radius 1 is 1.26 bits per heavy atom. The Balaban J connectivity index is 1.51. The number of aryl methyl sites for hydroxylation is 1. The summed E-state index contributed by atoms with van der Waals surface area (Å²) in [5.74, 6) is 2.74. The van der Waals surface area contributed by atoms with Crippen molar-refractivity contribution in [1.29, 1.82) is 0 Å². The molecular formula is C16H16N2O3S2. The zero-order valence-corrected chi connectivity index (χ0v) is 14.2. The second kappa shape index (κ2) is 7.52. The van der Waals surface area contributed by atoms with Crippen LogP contribution in [0.1, 0.15) is 22.4 Å². The van der Waals surface area contributed by atoms with Crippen LogP contribution in [0.4, 0.5) is 0 Å². The Labute approximate surface area is 140 Å². The average Bonchev–Trinajstić information content (AvgIpc) is 3.15. The van der Waals surface area contributed by atoms with Gasteiger partial charge in [-0.15, -0.1) is 11.3 Å². The molecule has 0 aliphatic rings. The fourth-order valence-corrected chi connectivity index (χ4v) is 3.76. The minimum atomic E-state index is -1.09. The number of thiazole rings is 1. The first-order valence-electron chi connectivity index (χ1n) is 7.06. The van der Waals surface area contributed by atoms with E-state index in [0.29, 0.717) is 24.0 Å². The van der Waals surface area contributed by atoms with E-state index in [0.717, 1.165) is 22.2 Å². The lowest BCUT2D eigenvalue weighted by Crippen LogP contribution is -2.01. The molecule has 0 aliphatic carbocycles. The second-order valence-electron chi connectivity index (χ2n) is 4.93. The maximum atomic E-state index is 12.1. The number of hydrogen-bond acceptors (Lipinski definition) is 6. The largest absolute Gasteiger partial charge is 0.486 e. The zero-order chi connectivity index (χ0) is 16.1. The SMILES string of the molecule is Cc1cnc(C[S@@](=O)Cc2csc(COc3ccccc3)n2)o1. The van der Waals surface area contributed by atoms with E-state index in [1.807, 2.05) is 42.6 Å². The summed E-state index contributed by atoms with van der Waals surface area (Å²) in [4.78, 5) is 8.53. The molecule has 0 unspecified atom stereocenters. The first-order chi connectivity index (χ1) is 11.2. The Bertz CT molecular complexity index is 783. The molecule has 0 aliphatic heterocycles. The Kier molecular flexibility index (Phi) is 5.19. The van der Waals surface area contributed by atoms with Gasteiger partial charge in [0.2, 0.25) is 5.89 Å². The lowest BCUT2D eigenvalue weighted by atomic mass is 10.3. The zero-order valence-electron chi connectivity index (χ0n) is 12.6. The fraction of sp³-hybridized carbons (Fsp3) is 0.250. The highest BCUT2D eigenvalue weighted by atomic mass is 32.2. The molecule has 0 fully saturated rings. The standard InChI is InChI=1S/C16H16N2O3S2/c1-12-7-17-15(21-12)11-23(19)10-13-9-22-16(18-13)8-20-14-5-3-2-4-6-14/h2-7,9H,8,10-11H2,1H3/t23-/m0/s1. The van der Waals surface area contributed by atoms with Gasteiger partial charge in [-0.25, -0.2) is 9.97 Å². The van der Waals surface area contributed by atoms with E-state index < -0.39 is 10.8 Å². The molecule has 0 spiro atoms. The van der Waals surface area contributed by atoms with E-state index in [9.17, 15) is 4.21 Å². The molecule has 0 saturated heterocycles. The van der Waals surface area contributed by atoms with Crippen LogP contribution in [0.3, 0.4) is 0 Å². The fourth-order valence-electron chi connectivity index (χ4n) is 1.97. The van der Waals surface area contributed by atoms with Crippen LogP contribution in [0.2, 0.25) is 0 Å². The van der Waals surface area contributed by atoms with Crippen molar-refractivity contribution in [1.82, 2.24) is 9.97 Å². The summed E-state index contributed by atoms with van der Waals surface area (Å²) in [6.07, 6.45) is 1.63. The van der Waals surface area contributed by atoms with Gasteiger partial charge in [0.05, 0.1) is 17.6 Å². The van der Waals surface area contributed by atoms with Crippen molar-refractivity contribution < 1.29 is 13.4 Å². The number of hydrogen-bond donors (Lipinski definition) is 0. The number of ether oxygens (including phenoxy) is 1. The smallest absolute Gasteiger partial charge is 0.206 e. The summed E-state index contributed by atoms with van der Waals surface area (Å²) in [7, 11) is -1.09. The maximum absolute atomic E-state index is 12.1.